The Bertz CT molecular complexity index is 270. The van der Waals surface area contributed by atoms with E-state index in [0.717, 1.165) is 5.69 Å². The third kappa shape index (κ3) is 2.54. The van der Waals surface area contributed by atoms with Crippen molar-refractivity contribution in [3.63, 3.8) is 0 Å². The van der Waals surface area contributed by atoms with Crippen LogP contribution in [0.4, 0.5) is 0 Å². The van der Waals surface area contributed by atoms with Crippen LogP contribution in [0.25, 0.3) is 0 Å². The molecule has 0 aliphatic carbocycles. The standard InChI is InChI=1S/C9H17N3O/c1-7(10-4-5-13)9-6-12(3)11-8(9)2/h6-7,10,13H,4-5H2,1-3H3. The zero-order chi connectivity index (χ0) is 9.84. The summed E-state index contributed by atoms with van der Waals surface area (Å²) in [5.41, 5.74) is 2.23. The zero-order valence-electron chi connectivity index (χ0n) is 8.41. The van der Waals surface area contributed by atoms with E-state index in [0.29, 0.717) is 6.54 Å². The Morgan fingerprint density at radius 3 is 2.85 bits per heavy atom. The first-order valence-electron chi connectivity index (χ1n) is 4.49. The van der Waals surface area contributed by atoms with Gasteiger partial charge in [-0.1, -0.05) is 0 Å². The van der Waals surface area contributed by atoms with Gasteiger partial charge in [0, 0.05) is 31.4 Å². The van der Waals surface area contributed by atoms with E-state index >= 15 is 0 Å². The van der Waals surface area contributed by atoms with Crippen LogP contribution in [0.1, 0.15) is 24.2 Å². The number of aliphatic hydroxyl groups is 1. The van der Waals surface area contributed by atoms with Crippen LogP contribution in [0.5, 0.6) is 0 Å². The Morgan fingerprint density at radius 2 is 2.38 bits per heavy atom. The van der Waals surface area contributed by atoms with Crippen LogP contribution in [-0.2, 0) is 7.05 Å². The van der Waals surface area contributed by atoms with Gasteiger partial charge >= 0.3 is 0 Å². The second kappa shape index (κ2) is 4.39. The quantitative estimate of drug-likeness (QED) is 0.709. The summed E-state index contributed by atoms with van der Waals surface area (Å²) in [4.78, 5) is 0. The van der Waals surface area contributed by atoms with E-state index in [2.05, 4.69) is 17.3 Å². The fourth-order valence-electron chi connectivity index (χ4n) is 1.43. The van der Waals surface area contributed by atoms with Crippen molar-refractivity contribution in [2.75, 3.05) is 13.2 Å². The van der Waals surface area contributed by atoms with Gasteiger partial charge in [-0.15, -0.1) is 0 Å². The summed E-state index contributed by atoms with van der Waals surface area (Å²) in [5, 5.41) is 16.1. The predicted molar refractivity (Wildman–Crippen MR) is 51.4 cm³/mol. The van der Waals surface area contributed by atoms with Crippen molar-refractivity contribution >= 4 is 0 Å². The summed E-state index contributed by atoms with van der Waals surface area (Å²) in [6.45, 7) is 4.85. The molecule has 0 fully saturated rings. The van der Waals surface area contributed by atoms with Crippen LogP contribution in [0.15, 0.2) is 6.20 Å². The number of nitrogens with zero attached hydrogens (tertiary/aromatic N) is 2. The Labute approximate surface area is 78.6 Å². The molecule has 1 unspecified atom stereocenters. The summed E-state index contributed by atoms with van der Waals surface area (Å²) in [5.74, 6) is 0. The van der Waals surface area contributed by atoms with E-state index in [4.69, 9.17) is 5.11 Å². The molecule has 1 heterocycles. The normalized spacial score (nSPS) is 13.2. The molecule has 74 valence electrons. The van der Waals surface area contributed by atoms with Gasteiger partial charge in [0.2, 0.25) is 0 Å². The highest BCUT2D eigenvalue weighted by atomic mass is 16.3. The lowest BCUT2D eigenvalue weighted by molar-refractivity contribution is 0.286. The van der Waals surface area contributed by atoms with Gasteiger partial charge in [0.1, 0.15) is 0 Å². The maximum Gasteiger partial charge on any atom is 0.0641 e. The number of rotatable bonds is 4. The largest absolute Gasteiger partial charge is 0.395 e. The molecule has 4 nitrogen and oxygen atoms in total. The third-order valence-electron chi connectivity index (χ3n) is 2.08. The van der Waals surface area contributed by atoms with E-state index in [1.807, 2.05) is 24.9 Å². The maximum atomic E-state index is 8.65. The molecule has 0 aromatic carbocycles. The number of nitrogens with one attached hydrogen (secondary N) is 1. The molecule has 0 radical (unpaired) electrons. The second-order valence-electron chi connectivity index (χ2n) is 3.24. The highest BCUT2D eigenvalue weighted by Crippen LogP contribution is 2.14. The van der Waals surface area contributed by atoms with Crippen molar-refractivity contribution in [1.29, 1.82) is 0 Å². The van der Waals surface area contributed by atoms with Crippen LogP contribution in [0.3, 0.4) is 0 Å². The maximum absolute atomic E-state index is 8.65. The Kier molecular flexibility index (Phi) is 3.45. The molecule has 0 spiro atoms. The Morgan fingerprint density at radius 1 is 1.69 bits per heavy atom. The lowest BCUT2D eigenvalue weighted by atomic mass is 10.1. The predicted octanol–water partition coefficient (Wildman–Crippen LogP) is 0.371. The SMILES string of the molecule is Cc1nn(C)cc1C(C)NCCO. The number of aryl methyl sites for hydroxylation is 2. The summed E-state index contributed by atoms with van der Waals surface area (Å²) < 4.78 is 1.81. The van der Waals surface area contributed by atoms with Gasteiger partial charge in [0.25, 0.3) is 0 Å². The smallest absolute Gasteiger partial charge is 0.0641 e. The summed E-state index contributed by atoms with van der Waals surface area (Å²) in [6.07, 6.45) is 2.00. The molecule has 1 aromatic rings. The van der Waals surface area contributed by atoms with Gasteiger partial charge in [-0.3, -0.25) is 4.68 Å². The van der Waals surface area contributed by atoms with E-state index in [1.165, 1.54) is 5.56 Å². The molecule has 0 aliphatic heterocycles. The molecule has 13 heavy (non-hydrogen) atoms. The average Bonchev–Trinajstić information content (AvgIpc) is 2.41. The van der Waals surface area contributed by atoms with Gasteiger partial charge in [0.15, 0.2) is 0 Å². The Balaban J connectivity index is 2.64. The second-order valence-corrected chi connectivity index (χ2v) is 3.24. The number of hydrogen-bond acceptors (Lipinski definition) is 3. The van der Waals surface area contributed by atoms with Crippen LogP contribution in [-0.4, -0.2) is 28.0 Å². The molecule has 0 amide bonds. The van der Waals surface area contributed by atoms with E-state index in [1.54, 1.807) is 0 Å². The fraction of sp³-hybridized carbons (Fsp3) is 0.667. The molecule has 1 rings (SSSR count). The highest BCUT2D eigenvalue weighted by molar-refractivity contribution is 5.19. The fourth-order valence-corrected chi connectivity index (χ4v) is 1.43. The van der Waals surface area contributed by atoms with Crippen molar-refractivity contribution in [2.45, 2.75) is 19.9 Å². The van der Waals surface area contributed by atoms with Crippen LogP contribution in [0, 0.1) is 6.92 Å². The molecular weight excluding hydrogens is 166 g/mol. The number of aliphatic hydroxyl groups excluding tert-OH is 1. The third-order valence-corrected chi connectivity index (χ3v) is 2.08. The minimum absolute atomic E-state index is 0.170. The van der Waals surface area contributed by atoms with Crippen molar-refractivity contribution in [1.82, 2.24) is 15.1 Å². The minimum Gasteiger partial charge on any atom is -0.395 e. The van der Waals surface area contributed by atoms with Gasteiger partial charge in [-0.25, -0.2) is 0 Å². The Hall–Kier alpha value is -0.870. The first-order chi connectivity index (χ1) is 6.15. The molecule has 1 atom stereocenters. The number of hydrogen-bond donors (Lipinski definition) is 2. The van der Waals surface area contributed by atoms with Crippen LogP contribution >= 0.6 is 0 Å². The lowest BCUT2D eigenvalue weighted by Gasteiger charge is -2.11. The van der Waals surface area contributed by atoms with E-state index < -0.39 is 0 Å². The lowest BCUT2D eigenvalue weighted by Crippen LogP contribution is -2.22. The van der Waals surface area contributed by atoms with Crippen molar-refractivity contribution in [3.8, 4) is 0 Å². The zero-order valence-corrected chi connectivity index (χ0v) is 8.41. The van der Waals surface area contributed by atoms with Crippen molar-refractivity contribution in [2.24, 2.45) is 7.05 Å². The summed E-state index contributed by atoms with van der Waals surface area (Å²) in [7, 11) is 1.91. The molecule has 2 N–H and O–H groups in total. The van der Waals surface area contributed by atoms with Crippen LogP contribution < -0.4 is 5.32 Å². The van der Waals surface area contributed by atoms with Crippen molar-refractivity contribution in [3.05, 3.63) is 17.5 Å². The molecular formula is C9H17N3O. The number of aromatic nitrogens is 2. The monoisotopic (exact) mass is 183 g/mol. The molecule has 0 saturated carbocycles. The van der Waals surface area contributed by atoms with Gasteiger partial charge in [0.05, 0.1) is 12.3 Å². The van der Waals surface area contributed by atoms with E-state index in [9.17, 15) is 0 Å². The summed E-state index contributed by atoms with van der Waals surface area (Å²) >= 11 is 0. The highest BCUT2D eigenvalue weighted by Gasteiger charge is 2.09. The molecule has 1 aromatic heterocycles. The van der Waals surface area contributed by atoms with Crippen LogP contribution in [0.2, 0.25) is 0 Å². The average molecular weight is 183 g/mol. The first-order valence-corrected chi connectivity index (χ1v) is 4.49. The minimum atomic E-state index is 0.170. The van der Waals surface area contributed by atoms with Gasteiger partial charge < -0.3 is 10.4 Å². The summed E-state index contributed by atoms with van der Waals surface area (Å²) in [6, 6.07) is 0.251. The molecule has 4 heteroatoms. The topological polar surface area (TPSA) is 50.1 Å². The molecule has 0 saturated heterocycles. The van der Waals surface area contributed by atoms with Gasteiger partial charge in [-0.2, -0.15) is 5.10 Å². The van der Waals surface area contributed by atoms with E-state index in [-0.39, 0.29) is 12.6 Å². The molecule has 0 bridgehead atoms. The van der Waals surface area contributed by atoms with Gasteiger partial charge in [-0.05, 0) is 13.8 Å². The first kappa shape index (κ1) is 10.2. The van der Waals surface area contributed by atoms with Crippen molar-refractivity contribution < 1.29 is 5.11 Å². The molecule has 0 aliphatic rings.